The molecule has 0 aliphatic carbocycles. The second-order valence-corrected chi connectivity index (χ2v) is 3.35. The van der Waals surface area contributed by atoms with E-state index >= 15 is 0 Å². The van der Waals surface area contributed by atoms with E-state index < -0.39 is 17.2 Å². The third kappa shape index (κ3) is 2.07. The van der Waals surface area contributed by atoms with Crippen LogP contribution in [0.25, 0.3) is 0 Å². The molecule has 0 aromatic heterocycles. The summed E-state index contributed by atoms with van der Waals surface area (Å²) in [6.07, 6.45) is 0. The molecule has 0 amide bonds. The van der Waals surface area contributed by atoms with Gasteiger partial charge in [-0.15, -0.1) is 0 Å². The van der Waals surface area contributed by atoms with Gasteiger partial charge in [0.25, 0.3) is 6.47 Å². The Morgan fingerprint density at radius 3 is 2.50 bits per heavy atom. The Morgan fingerprint density at radius 1 is 1.36 bits per heavy atom. The van der Waals surface area contributed by atoms with Crippen LogP contribution in [0.5, 0.6) is 0 Å². The first-order chi connectivity index (χ1) is 6.47. The average molecular weight is 200 g/mol. The van der Waals surface area contributed by atoms with Crippen LogP contribution in [0.3, 0.4) is 0 Å². The van der Waals surface area contributed by atoms with Crippen LogP contribution in [0, 0.1) is 11.6 Å². The Kier molecular flexibility index (Phi) is 2.84. The van der Waals surface area contributed by atoms with Gasteiger partial charge in [-0.3, -0.25) is 4.79 Å². The molecular formula is C10H10F2O2. The summed E-state index contributed by atoms with van der Waals surface area (Å²) in [6.45, 7) is 3.29. The highest BCUT2D eigenvalue weighted by molar-refractivity contribution is 5.40. The van der Waals surface area contributed by atoms with Gasteiger partial charge < -0.3 is 4.74 Å². The Labute approximate surface area is 80.5 Å². The minimum absolute atomic E-state index is 0.144. The van der Waals surface area contributed by atoms with Crippen LogP contribution < -0.4 is 0 Å². The predicted molar refractivity (Wildman–Crippen MR) is 46.5 cm³/mol. The second-order valence-electron chi connectivity index (χ2n) is 3.35. The molecule has 0 atom stereocenters. The van der Waals surface area contributed by atoms with Crippen molar-refractivity contribution in [1.29, 1.82) is 0 Å². The zero-order chi connectivity index (χ0) is 10.8. The van der Waals surface area contributed by atoms with Gasteiger partial charge in [0.1, 0.15) is 17.2 Å². The molecule has 0 radical (unpaired) electrons. The number of ether oxygens (including phenoxy) is 1. The van der Waals surface area contributed by atoms with Crippen molar-refractivity contribution in [2.24, 2.45) is 0 Å². The van der Waals surface area contributed by atoms with Gasteiger partial charge in [0.2, 0.25) is 0 Å². The van der Waals surface area contributed by atoms with E-state index in [0.29, 0.717) is 0 Å². The van der Waals surface area contributed by atoms with Crippen molar-refractivity contribution in [1.82, 2.24) is 0 Å². The summed E-state index contributed by atoms with van der Waals surface area (Å²) in [5.41, 5.74) is -0.939. The molecule has 1 aromatic carbocycles. The molecule has 0 spiro atoms. The fraction of sp³-hybridized carbons (Fsp3) is 0.300. The normalized spacial score (nSPS) is 11.1. The number of benzene rings is 1. The number of hydrogen-bond donors (Lipinski definition) is 0. The molecule has 0 saturated heterocycles. The molecule has 0 aliphatic rings. The first-order valence-corrected chi connectivity index (χ1v) is 4.04. The van der Waals surface area contributed by atoms with Crippen molar-refractivity contribution in [3.05, 3.63) is 35.4 Å². The molecule has 0 saturated carbocycles. The highest BCUT2D eigenvalue weighted by atomic mass is 19.1. The van der Waals surface area contributed by atoms with E-state index in [9.17, 15) is 13.6 Å². The maximum atomic E-state index is 13.2. The molecule has 0 unspecified atom stereocenters. The van der Waals surface area contributed by atoms with Gasteiger partial charge in [0, 0.05) is 11.6 Å². The molecule has 1 rings (SSSR count). The van der Waals surface area contributed by atoms with Crippen LogP contribution in [0.2, 0.25) is 0 Å². The Balaban J connectivity index is 3.12. The number of hydrogen-bond acceptors (Lipinski definition) is 2. The Hall–Kier alpha value is -1.45. The van der Waals surface area contributed by atoms with E-state index in [0.717, 1.165) is 12.1 Å². The maximum Gasteiger partial charge on any atom is 0.293 e. The highest BCUT2D eigenvalue weighted by Gasteiger charge is 2.25. The van der Waals surface area contributed by atoms with Gasteiger partial charge in [-0.05, 0) is 26.0 Å². The molecule has 1 aromatic rings. The molecule has 0 bridgehead atoms. The summed E-state index contributed by atoms with van der Waals surface area (Å²) in [5.74, 6) is -1.38. The lowest BCUT2D eigenvalue weighted by Crippen LogP contribution is -2.22. The lowest BCUT2D eigenvalue weighted by Gasteiger charge is -2.23. The fourth-order valence-corrected chi connectivity index (χ4v) is 1.16. The van der Waals surface area contributed by atoms with Gasteiger partial charge in [-0.25, -0.2) is 8.78 Å². The van der Waals surface area contributed by atoms with Crippen molar-refractivity contribution >= 4 is 6.47 Å². The number of halogens is 2. The van der Waals surface area contributed by atoms with Gasteiger partial charge in [0.15, 0.2) is 0 Å². The van der Waals surface area contributed by atoms with Crippen LogP contribution >= 0.6 is 0 Å². The standard InChI is InChI=1S/C10H10F2O2/c1-10(2,14-6-13)8-4-3-7(11)5-9(8)12/h3-6H,1-2H3. The second kappa shape index (κ2) is 3.74. The molecule has 76 valence electrons. The first-order valence-electron chi connectivity index (χ1n) is 4.04. The van der Waals surface area contributed by atoms with E-state index in [1.54, 1.807) is 0 Å². The van der Waals surface area contributed by atoms with Gasteiger partial charge in [0.05, 0.1) is 0 Å². The quantitative estimate of drug-likeness (QED) is 0.700. The molecular weight excluding hydrogens is 190 g/mol. The van der Waals surface area contributed by atoms with E-state index in [-0.39, 0.29) is 12.0 Å². The number of carbonyl (C=O) groups is 1. The van der Waals surface area contributed by atoms with Crippen molar-refractivity contribution in [2.75, 3.05) is 0 Å². The summed E-state index contributed by atoms with van der Waals surface area (Å²) < 4.78 is 30.5. The van der Waals surface area contributed by atoms with Crippen LogP contribution in [0.4, 0.5) is 8.78 Å². The van der Waals surface area contributed by atoms with Crippen LogP contribution in [-0.2, 0) is 15.1 Å². The van der Waals surface area contributed by atoms with E-state index in [1.165, 1.54) is 19.9 Å². The zero-order valence-electron chi connectivity index (χ0n) is 7.88. The number of rotatable bonds is 3. The van der Waals surface area contributed by atoms with E-state index in [1.807, 2.05) is 0 Å². The van der Waals surface area contributed by atoms with Gasteiger partial charge in [-0.2, -0.15) is 0 Å². The minimum atomic E-state index is -1.08. The summed E-state index contributed by atoms with van der Waals surface area (Å²) in [7, 11) is 0. The topological polar surface area (TPSA) is 26.3 Å². The third-order valence-electron chi connectivity index (χ3n) is 1.92. The van der Waals surface area contributed by atoms with Crippen molar-refractivity contribution in [2.45, 2.75) is 19.4 Å². The minimum Gasteiger partial charge on any atom is -0.457 e. The SMILES string of the molecule is CC(C)(OC=O)c1ccc(F)cc1F. The largest absolute Gasteiger partial charge is 0.457 e. The Bertz CT molecular complexity index is 348. The molecule has 14 heavy (non-hydrogen) atoms. The van der Waals surface area contributed by atoms with Crippen LogP contribution in [0.1, 0.15) is 19.4 Å². The first kappa shape index (κ1) is 10.6. The lowest BCUT2D eigenvalue weighted by molar-refractivity contribution is -0.141. The molecule has 0 N–H and O–H groups in total. The molecule has 2 nitrogen and oxygen atoms in total. The van der Waals surface area contributed by atoms with E-state index in [2.05, 4.69) is 0 Å². The Morgan fingerprint density at radius 2 is 2.00 bits per heavy atom. The molecule has 0 fully saturated rings. The van der Waals surface area contributed by atoms with E-state index in [4.69, 9.17) is 4.74 Å². The highest BCUT2D eigenvalue weighted by Crippen LogP contribution is 2.26. The van der Waals surface area contributed by atoms with Crippen molar-refractivity contribution in [3.63, 3.8) is 0 Å². The molecule has 0 aliphatic heterocycles. The van der Waals surface area contributed by atoms with Gasteiger partial charge >= 0.3 is 0 Å². The molecule has 4 heteroatoms. The van der Waals surface area contributed by atoms with Crippen molar-refractivity contribution in [3.8, 4) is 0 Å². The average Bonchev–Trinajstić information content (AvgIpc) is 2.02. The monoisotopic (exact) mass is 200 g/mol. The third-order valence-corrected chi connectivity index (χ3v) is 1.92. The summed E-state index contributed by atoms with van der Waals surface area (Å²) in [4.78, 5) is 10.2. The fourth-order valence-electron chi connectivity index (χ4n) is 1.16. The summed E-state index contributed by atoms with van der Waals surface area (Å²) in [5, 5.41) is 0. The van der Waals surface area contributed by atoms with Crippen LogP contribution in [0.15, 0.2) is 18.2 Å². The van der Waals surface area contributed by atoms with Crippen molar-refractivity contribution < 1.29 is 18.3 Å². The number of carbonyl (C=O) groups excluding carboxylic acids is 1. The predicted octanol–water partition coefficient (Wildman–Crippen LogP) is 2.37. The van der Waals surface area contributed by atoms with Gasteiger partial charge in [-0.1, -0.05) is 0 Å². The summed E-state index contributed by atoms with van der Waals surface area (Å²) >= 11 is 0. The smallest absolute Gasteiger partial charge is 0.293 e. The molecule has 0 heterocycles. The zero-order valence-corrected chi connectivity index (χ0v) is 7.88. The maximum absolute atomic E-state index is 13.2. The lowest BCUT2D eigenvalue weighted by atomic mass is 9.97. The van der Waals surface area contributed by atoms with Crippen LogP contribution in [-0.4, -0.2) is 6.47 Å². The summed E-state index contributed by atoms with van der Waals surface area (Å²) in [6, 6.07) is 3.13.